The number of benzene rings is 3. The number of hydrogen-bond donors (Lipinski definition) is 1. The lowest BCUT2D eigenvalue weighted by Crippen LogP contribution is -2.14. The van der Waals surface area contributed by atoms with Gasteiger partial charge >= 0.3 is 0 Å². The number of nitrogens with zero attached hydrogens (tertiary/aromatic N) is 2. The van der Waals surface area contributed by atoms with E-state index in [1.165, 1.54) is 24.4 Å². The fourth-order valence-electron chi connectivity index (χ4n) is 2.44. The lowest BCUT2D eigenvalue weighted by atomic mass is 10.2. The first-order valence-electron chi connectivity index (χ1n) is 7.75. The molecule has 0 bridgehead atoms. The summed E-state index contributed by atoms with van der Waals surface area (Å²) in [7, 11) is 0. The number of nitro groups is 1. The Morgan fingerprint density at radius 3 is 2.00 bits per heavy atom. The molecule has 0 spiro atoms. The molecule has 3 aromatic carbocycles. The largest absolute Gasteiger partial charge is 0.507 e. The Morgan fingerprint density at radius 2 is 1.50 bits per heavy atom. The van der Waals surface area contributed by atoms with E-state index in [1.807, 2.05) is 60.7 Å². The van der Waals surface area contributed by atoms with Crippen LogP contribution < -0.4 is 10.6 Å². The van der Waals surface area contributed by atoms with Crippen molar-refractivity contribution in [2.45, 2.75) is 0 Å². The molecule has 3 rings (SSSR count). The Bertz CT molecular complexity index is 964. The van der Waals surface area contributed by atoms with Gasteiger partial charge in [-0.15, -0.1) is 0 Å². The van der Waals surface area contributed by atoms with Gasteiger partial charge < -0.3 is 5.11 Å². The van der Waals surface area contributed by atoms with Gasteiger partial charge in [-0.25, -0.2) is 0 Å². The fraction of sp³-hybridized carbons (Fsp3) is 0. The van der Waals surface area contributed by atoms with Gasteiger partial charge in [0.15, 0.2) is 0 Å². The summed E-state index contributed by atoms with van der Waals surface area (Å²) in [5, 5.41) is 22.8. The topological polar surface area (TPSA) is 75.7 Å². The number of hydrogen-bond acceptors (Lipinski definition) is 4. The minimum atomic E-state index is -2.53. The van der Waals surface area contributed by atoms with Crippen molar-refractivity contribution in [3.8, 4) is 5.75 Å². The van der Waals surface area contributed by atoms with Crippen molar-refractivity contribution in [2.75, 3.05) is 0 Å². The second kappa shape index (κ2) is 7.60. The molecule has 0 aliphatic heterocycles. The van der Waals surface area contributed by atoms with Crippen molar-refractivity contribution >= 4 is 40.5 Å². The minimum Gasteiger partial charge on any atom is -0.507 e. The maximum Gasteiger partial charge on any atom is 0.270 e. The van der Waals surface area contributed by atoms with Crippen LogP contribution in [0, 0.1) is 10.1 Å². The van der Waals surface area contributed by atoms with E-state index >= 15 is 0 Å². The first-order chi connectivity index (χ1) is 12.5. The number of phenolic OH excluding ortho intramolecular Hbond substituents is 1. The summed E-state index contributed by atoms with van der Waals surface area (Å²) in [6, 6.07) is 23.0. The molecule has 0 aliphatic rings. The quantitative estimate of drug-likeness (QED) is 0.315. The standard InChI is InChI=1S/C19H15N2O3PS/c22-19-12-11-16(21(23)24)13-15(19)14-20-25(26,17-7-3-1-4-8-17)18-9-5-2-6-10-18/h1-14,22H/b20-14+. The van der Waals surface area contributed by atoms with Gasteiger partial charge in [0.25, 0.3) is 5.69 Å². The lowest BCUT2D eigenvalue weighted by Gasteiger charge is -2.18. The van der Waals surface area contributed by atoms with Crippen LogP contribution >= 0.6 is 6.19 Å². The molecule has 7 heteroatoms. The highest BCUT2D eigenvalue weighted by Crippen LogP contribution is 2.45. The zero-order chi connectivity index (χ0) is 18.6. The highest BCUT2D eigenvalue weighted by Gasteiger charge is 2.21. The van der Waals surface area contributed by atoms with Crippen LogP contribution in [0.25, 0.3) is 0 Å². The van der Waals surface area contributed by atoms with Gasteiger partial charge in [-0.3, -0.25) is 14.9 Å². The number of phenols is 1. The average molecular weight is 382 g/mol. The van der Waals surface area contributed by atoms with Crippen LogP contribution in [0.1, 0.15) is 5.56 Å². The Balaban J connectivity index is 2.11. The maximum absolute atomic E-state index is 11.0. The minimum absolute atomic E-state index is 0.0815. The Hall–Kier alpha value is -2.82. The molecule has 0 radical (unpaired) electrons. The SMILES string of the molecule is O=[N+]([O-])c1ccc(O)c(/C=N/P(=S)(c2ccccc2)c2ccccc2)c1. The van der Waals surface area contributed by atoms with Crippen LogP contribution in [0.15, 0.2) is 83.6 Å². The highest BCUT2D eigenvalue weighted by molar-refractivity contribution is 8.21. The summed E-state index contributed by atoms with van der Waals surface area (Å²) in [4.78, 5) is 10.5. The van der Waals surface area contributed by atoms with Crippen LogP contribution in [-0.4, -0.2) is 16.2 Å². The van der Waals surface area contributed by atoms with Gasteiger partial charge in [-0.1, -0.05) is 72.5 Å². The second-order valence-electron chi connectivity index (χ2n) is 5.49. The van der Waals surface area contributed by atoms with Gasteiger partial charge in [0, 0.05) is 34.5 Å². The normalized spacial score (nSPS) is 11.5. The molecule has 26 heavy (non-hydrogen) atoms. The van der Waals surface area contributed by atoms with Gasteiger partial charge in [0.1, 0.15) is 11.9 Å². The Labute approximate surface area is 155 Å². The fourth-order valence-corrected chi connectivity index (χ4v) is 5.32. The Kier molecular flexibility index (Phi) is 5.26. The summed E-state index contributed by atoms with van der Waals surface area (Å²) < 4.78 is 4.65. The molecular weight excluding hydrogens is 367 g/mol. The van der Waals surface area contributed by atoms with Crippen molar-refractivity contribution in [1.82, 2.24) is 0 Å². The summed E-state index contributed by atoms with van der Waals surface area (Å²) in [6.45, 7) is 0. The molecule has 0 amide bonds. The molecule has 0 fully saturated rings. The zero-order valence-electron chi connectivity index (χ0n) is 13.6. The molecule has 0 atom stereocenters. The maximum atomic E-state index is 11.0. The van der Waals surface area contributed by atoms with Gasteiger partial charge in [0.2, 0.25) is 0 Å². The average Bonchev–Trinajstić information content (AvgIpc) is 2.68. The molecule has 3 aromatic rings. The summed E-state index contributed by atoms with van der Waals surface area (Å²) in [5.41, 5.74) is 0.150. The van der Waals surface area contributed by atoms with Crippen molar-refractivity contribution in [2.24, 2.45) is 4.76 Å². The summed E-state index contributed by atoms with van der Waals surface area (Å²) in [5.74, 6) is -0.0815. The van der Waals surface area contributed by atoms with E-state index in [4.69, 9.17) is 11.8 Å². The smallest absolute Gasteiger partial charge is 0.270 e. The number of aromatic hydroxyl groups is 1. The van der Waals surface area contributed by atoms with Gasteiger partial charge in [-0.05, 0) is 6.07 Å². The predicted octanol–water partition coefficient (Wildman–Crippen LogP) is 3.76. The van der Waals surface area contributed by atoms with Crippen LogP contribution in [0.4, 0.5) is 5.69 Å². The predicted molar refractivity (Wildman–Crippen MR) is 109 cm³/mol. The molecule has 0 aromatic heterocycles. The zero-order valence-corrected chi connectivity index (χ0v) is 15.3. The second-order valence-corrected chi connectivity index (χ2v) is 9.49. The van der Waals surface area contributed by atoms with Crippen LogP contribution in [0.3, 0.4) is 0 Å². The van der Waals surface area contributed by atoms with Crippen LogP contribution in [0.5, 0.6) is 5.75 Å². The first-order valence-corrected chi connectivity index (χ1v) is 10.5. The van der Waals surface area contributed by atoms with Crippen LogP contribution in [0.2, 0.25) is 0 Å². The van der Waals surface area contributed by atoms with Crippen molar-refractivity contribution < 1.29 is 10.0 Å². The Morgan fingerprint density at radius 1 is 0.962 bits per heavy atom. The van der Waals surface area contributed by atoms with E-state index in [0.717, 1.165) is 10.6 Å². The van der Waals surface area contributed by atoms with E-state index in [9.17, 15) is 15.2 Å². The number of rotatable bonds is 5. The molecule has 0 aliphatic carbocycles. The molecular formula is C19H15N2O3PS. The molecule has 5 nitrogen and oxygen atoms in total. The van der Waals surface area contributed by atoms with Gasteiger partial charge in [-0.2, -0.15) is 0 Å². The summed E-state index contributed by atoms with van der Waals surface area (Å²) in [6.07, 6.45) is -1.09. The molecule has 0 unspecified atom stereocenters. The van der Waals surface area contributed by atoms with Crippen molar-refractivity contribution in [3.63, 3.8) is 0 Å². The summed E-state index contributed by atoms with van der Waals surface area (Å²) >= 11 is 5.96. The lowest BCUT2D eigenvalue weighted by molar-refractivity contribution is -0.384. The third-order valence-electron chi connectivity index (χ3n) is 3.79. The highest BCUT2D eigenvalue weighted by atomic mass is 32.4. The molecule has 130 valence electrons. The number of non-ortho nitro benzene ring substituents is 1. The monoisotopic (exact) mass is 382 g/mol. The van der Waals surface area contributed by atoms with E-state index in [1.54, 1.807) is 0 Å². The van der Waals surface area contributed by atoms with Crippen molar-refractivity contribution in [3.05, 3.63) is 94.5 Å². The third-order valence-corrected chi connectivity index (χ3v) is 7.78. The van der Waals surface area contributed by atoms with Crippen LogP contribution in [-0.2, 0) is 11.8 Å². The van der Waals surface area contributed by atoms with E-state index in [-0.39, 0.29) is 17.0 Å². The van der Waals surface area contributed by atoms with Gasteiger partial charge in [0.05, 0.1) is 4.92 Å². The molecule has 0 heterocycles. The molecule has 0 saturated carbocycles. The van der Waals surface area contributed by atoms with E-state index in [0.29, 0.717) is 0 Å². The van der Waals surface area contributed by atoms with Crippen molar-refractivity contribution in [1.29, 1.82) is 0 Å². The molecule has 0 saturated heterocycles. The van der Waals surface area contributed by atoms with E-state index < -0.39 is 11.1 Å². The third kappa shape index (κ3) is 3.72. The molecule has 1 N–H and O–H groups in total. The first kappa shape index (κ1) is 18.0. The number of nitro benzene ring substituents is 1. The van der Waals surface area contributed by atoms with E-state index in [2.05, 4.69) is 4.76 Å².